The molecule has 2 heterocycles. The highest BCUT2D eigenvalue weighted by molar-refractivity contribution is 7.71. The standard InChI is InChI=1S/C17H22N4O3S/c1-3-20-15(12-7-5-4-6-8-12)18-21(17(20)25)11-19-10-13(22)9-14(19)16(23)24-2/h4-8,13-14,22H,3,9-11H2,1-2H3/t13-,14-/m0/s1. The second kappa shape index (κ2) is 7.47. The van der Waals surface area contributed by atoms with Gasteiger partial charge in [0.1, 0.15) is 6.04 Å². The Morgan fingerprint density at radius 3 is 2.76 bits per heavy atom. The Labute approximate surface area is 151 Å². The fourth-order valence-corrected chi connectivity index (χ4v) is 3.52. The largest absolute Gasteiger partial charge is 0.468 e. The number of aliphatic hydroxyl groups is 1. The summed E-state index contributed by atoms with van der Waals surface area (Å²) in [4.78, 5) is 13.8. The first-order chi connectivity index (χ1) is 12.0. The molecule has 7 nitrogen and oxygen atoms in total. The third-order valence-electron chi connectivity index (χ3n) is 4.44. The third kappa shape index (κ3) is 3.51. The van der Waals surface area contributed by atoms with Crippen LogP contribution in [0.25, 0.3) is 11.4 Å². The topological polar surface area (TPSA) is 72.5 Å². The van der Waals surface area contributed by atoms with Crippen LogP contribution in [-0.4, -0.2) is 56.1 Å². The Balaban J connectivity index is 1.92. The summed E-state index contributed by atoms with van der Waals surface area (Å²) >= 11 is 5.57. The molecule has 0 aliphatic carbocycles. The Bertz CT molecular complexity index is 802. The van der Waals surface area contributed by atoms with E-state index in [4.69, 9.17) is 17.0 Å². The quantitative estimate of drug-likeness (QED) is 0.644. The molecule has 1 aliphatic heterocycles. The number of carbonyl (C=O) groups excluding carboxylic acids is 1. The zero-order chi connectivity index (χ0) is 18.0. The number of nitrogens with zero attached hydrogens (tertiary/aromatic N) is 4. The number of rotatable bonds is 5. The Morgan fingerprint density at radius 2 is 2.12 bits per heavy atom. The van der Waals surface area contributed by atoms with Gasteiger partial charge in [0.05, 0.1) is 19.9 Å². The molecule has 1 fully saturated rings. The summed E-state index contributed by atoms with van der Waals surface area (Å²) in [5.41, 5.74) is 0.986. The molecule has 1 aromatic heterocycles. The van der Waals surface area contributed by atoms with Gasteiger partial charge in [-0.1, -0.05) is 30.3 Å². The van der Waals surface area contributed by atoms with Gasteiger partial charge in [0.15, 0.2) is 10.6 Å². The molecule has 1 saturated heterocycles. The normalized spacial score (nSPS) is 20.8. The minimum atomic E-state index is -0.555. The number of likely N-dealkylation sites (tertiary alicyclic amines) is 1. The SMILES string of the molecule is CCn1c(-c2ccccc2)nn(CN2C[C@@H](O)C[C@H]2C(=O)OC)c1=S. The number of esters is 1. The maximum atomic E-state index is 12.0. The molecule has 0 unspecified atom stereocenters. The summed E-state index contributed by atoms with van der Waals surface area (Å²) in [6.45, 7) is 3.45. The number of methoxy groups -OCH3 is 1. The van der Waals surface area contributed by atoms with Gasteiger partial charge in [-0.15, -0.1) is 0 Å². The lowest BCUT2D eigenvalue weighted by Gasteiger charge is -2.21. The molecule has 2 aromatic rings. The summed E-state index contributed by atoms with van der Waals surface area (Å²) in [7, 11) is 1.36. The molecule has 1 aromatic carbocycles. The Morgan fingerprint density at radius 1 is 1.40 bits per heavy atom. The van der Waals surface area contributed by atoms with Gasteiger partial charge in [-0.25, -0.2) is 4.68 Å². The first kappa shape index (κ1) is 17.8. The molecule has 2 atom stereocenters. The number of hydrogen-bond donors (Lipinski definition) is 1. The fourth-order valence-electron chi connectivity index (χ4n) is 3.21. The lowest BCUT2D eigenvalue weighted by Crippen LogP contribution is -2.38. The van der Waals surface area contributed by atoms with E-state index in [0.717, 1.165) is 11.4 Å². The number of β-amino-alcohol motifs (C(OH)–C–C–N with tert-alkyl or cyclic N) is 1. The van der Waals surface area contributed by atoms with Crippen LogP contribution >= 0.6 is 12.2 Å². The van der Waals surface area contributed by atoms with E-state index < -0.39 is 12.1 Å². The average Bonchev–Trinajstić information content (AvgIpc) is 3.15. The van der Waals surface area contributed by atoms with E-state index in [1.807, 2.05) is 46.7 Å². The van der Waals surface area contributed by atoms with Crippen molar-refractivity contribution in [1.82, 2.24) is 19.2 Å². The van der Waals surface area contributed by atoms with Crippen LogP contribution in [0.3, 0.4) is 0 Å². The van der Waals surface area contributed by atoms with Gasteiger partial charge < -0.3 is 14.4 Å². The van der Waals surface area contributed by atoms with E-state index in [1.54, 1.807) is 4.68 Å². The monoisotopic (exact) mass is 362 g/mol. The van der Waals surface area contributed by atoms with Crippen molar-refractivity contribution in [2.45, 2.75) is 38.7 Å². The second-order valence-electron chi connectivity index (χ2n) is 6.06. The molecule has 1 aliphatic rings. The number of aromatic nitrogens is 3. The van der Waals surface area contributed by atoms with Gasteiger partial charge in [-0.2, -0.15) is 5.10 Å². The van der Waals surface area contributed by atoms with Crippen molar-refractivity contribution < 1.29 is 14.6 Å². The van der Waals surface area contributed by atoms with Crippen LogP contribution in [0.4, 0.5) is 0 Å². The molecule has 25 heavy (non-hydrogen) atoms. The molecular weight excluding hydrogens is 340 g/mol. The molecule has 0 radical (unpaired) electrons. The van der Waals surface area contributed by atoms with E-state index >= 15 is 0 Å². The second-order valence-corrected chi connectivity index (χ2v) is 6.42. The van der Waals surface area contributed by atoms with Crippen molar-refractivity contribution in [3.05, 3.63) is 35.1 Å². The Kier molecular flexibility index (Phi) is 5.31. The van der Waals surface area contributed by atoms with Gasteiger partial charge >= 0.3 is 5.97 Å². The van der Waals surface area contributed by atoms with Gasteiger partial charge in [0, 0.05) is 25.1 Å². The van der Waals surface area contributed by atoms with E-state index in [9.17, 15) is 9.90 Å². The van der Waals surface area contributed by atoms with Crippen LogP contribution in [0.5, 0.6) is 0 Å². The summed E-state index contributed by atoms with van der Waals surface area (Å²) in [6.07, 6.45) is -0.194. The van der Waals surface area contributed by atoms with Crippen molar-refractivity contribution in [1.29, 1.82) is 0 Å². The van der Waals surface area contributed by atoms with Gasteiger partial charge in [0.25, 0.3) is 0 Å². The molecule has 3 rings (SSSR count). The van der Waals surface area contributed by atoms with Crippen LogP contribution < -0.4 is 0 Å². The summed E-state index contributed by atoms with van der Waals surface area (Å²) in [5.74, 6) is 0.448. The van der Waals surface area contributed by atoms with E-state index in [-0.39, 0.29) is 5.97 Å². The highest BCUT2D eigenvalue weighted by atomic mass is 32.1. The number of carbonyl (C=O) groups is 1. The molecule has 1 N–H and O–H groups in total. The first-order valence-electron chi connectivity index (χ1n) is 8.28. The molecule has 0 saturated carbocycles. The minimum absolute atomic E-state index is 0.336. The average molecular weight is 362 g/mol. The van der Waals surface area contributed by atoms with Crippen molar-refractivity contribution in [3.63, 3.8) is 0 Å². The summed E-state index contributed by atoms with van der Waals surface area (Å²) < 4.78 is 9.10. The van der Waals surface area contributed by atoms with Crippen molar-refractivity contribution in [2.24, 2.45) is 0 Å². The number of hydrogen-bond acceptors (Lipinski definition) is 6. The number of benzene rings is 1. The molecule has 0 bridgehead atoms. The molecule has 0 amide bonds. The first-order valence-corrected chi connectivity index (χ1v) is 8.69. The van der Waals surface area contributed by atoms with Gasteiger partial charge in [-0.3, -0.25) is 9.69 Å². The highest BCUT2D eigenvalue weighted by Gasteiger charge is 2.37. The Hall–Kier alpha value is -2.03. The summed E-state index contributed by atoms with van der Waals surface area (Å²) in [5, 5.41) is 14.6. The van der Waals surface area contributed by atoms with Crippen LogP contribution in [0, 0.1) is 4.77 Å². The van der Waals surface area contributed by atoms with E-state index in [1.165, 1.54) is 7.11 Å². The lowest BCUT2D eigenvalue weighted by molar-refractivity contribution is -0.146. The molecule has 134 valence electrons. The highest BCUT2D eigenvalue weighted by Crippen LogP contribution is 2.22. The van der Waals surface area contributed by atoms with Gasteiger partial charge in [0.2, 0.25) is 0 Å². The molecule has 8 heteroatoms. The smallest absolute Gasteiger partial charge is 0.323 e. The maximum absolute atomic E-state index is 12.0. The predicted octanol–water partition coefficient (Wildman–Crippen LogP) is 1.67. The molecular formula is C17H22N4O3S. The van der Waals surface area contributed by atoms with Crippen molar-refractivity contribution >= 4 is 18.2 Å². The summed E-state index contributed by atoms with van der Waals surface area (Å²) in [6, 6.07) is 9.38. The van der Waals surface area contributed by atoms with Gasteiger partial charge in [-0.05, 0) is 19.1 Å². The minimum Gasteiger partial charge on any atom is -0.468 e. The van der Waals surface area contributed by atoms with Crippen LogP contribution in [0.2, 0.25) is 0 Å². The van der Waals surface area contributed by atoms with E-state index in [0.29, 0.717) is 31.0 Å². The number of aliphatic hydroxyl groups excluding tert-OH is 1. The van der Waals surface area contributed by atoms with Crippen molar-refractivity contribution in [3.8, 4) is 11.4 Å². The maximum Gasteiger partial charge on any atom is 0.323 e. The third-order valence-corrected chi connectivity index (χ3v) is 4.87. The predicted molar refractivity (Wildman–Crippen MR) is 95.3 cm³/mol. The lowest BCUT2D eigenvalue weighted by atomic mass is 10.2. The van der Waals surface area contributed by atoms with Crippen LogP contribution in [-0.2, 0) is 22.7 Å². The fraction of sp³-hybridized carbons (Fsp3) is 0.471. The van der Waals surface area contributed by atoms with Crippen LogP contribution in [0.1, 0.15) is 13.3 Å². The van der Waals surface area contributed by atoms with Crippen molar-refractivity contribution in [2.75, 3.05) is 13.7 Å². The van der Waals surface area contributed by atoms with E-state index in [2.05, 4.69) is 5.10 Å². The number of ether oxygens (including phenoxy) is 1. The molecule has 0 spiro atoms. The van der Waals surface area contributed by atoms with Crippen LogP contribution in [0.15, 0.2) is 30.3 Å². The zero-order valence-electron chi connectivity index (χ0n) is 14.3. The zero-order valence-corrected chi connectivity index (χ0v) is 15.1.